The summed E-state index contributed by atoms with van der Waals surface area (Å²) in [7, 11) is 0. The molecule has 0 amide bonds. The Hall–Kier alpha value is -0.140. The summed E-state index contributed by atoms with van der Waals surface area (Å²) in [5.41, 5.74) is 0. The van der Waals surface area contributed by atoms with Crippen molar-refractivity contribution in [1.29, 1.82) is 0 Å². The molecule has 1 fully saturated rings. The fourth-order valence-corrected chi connectivity index (χ4v) is 0.584. The largest absolute Gasteiger partial charge is 0.248 e. The molecule has 0 aliphatic heterocycles. The lowest BCUT2D eigenvalue weighted by atomic mass is 10.3. The van der Waals surface area contributed by atoms with E-state index in [0.29, 0.717) is 0 Å². The molecule has 0 spiro atoms. The molecule has 1 unspecified atom stereocenters. The molecule has 1 saturated carbocycles. The van der Waals surface area contributed by atoms with Gasteiger partial charge in [-0.25, -0.2) is 8.78 Å². The molecular formula is C5H8F2. The van der Waals surface area contributed by atoms with E-state index in [1.807, 2.05) is 0 Å². The number of halogens is 2. The quantitative estimate of drug-likeness (QED) is 0.502. The van der Waals surface area contributed by atoms with Crippen LogP contribution in [0.2, 0.25) is 0 Å². The van der Waals surface area contributed by atoms with Crippen LogP contribution in [0.25, 0.3) is 0 Å². The Balaban J connectivity index is 2.10. The number of alkyl halides is 2. The van der Waals surface area contributed by atoms with Crippen LogP contribution in [0.15, 0.2) is 0 Å². The van der Waals surface area contributed by atoms with Crippen molar-refractivity contribution in [2.75, 3.05) is 6.67 Å². The van der Waals surface area contributed by atoms with Crippen LogP contribution in [0.4, 0.5) is 8.78 Å². The molecule has 7 heavy (non-hydrogen) atoms. The topological polar surface area (TPSA) is 0 Å². The molecule has 0 aromatic rings. The maximum absolute atomic E-state index is 11.9. The minimum absolute atomic E-state index is 0.0741. The van der Waals surface area contributed by atoms with Crippen LogP contribution in [-0.4, -0.2) is 12.8 Å². The number of hydrogen-bond acceptors (Lipinski definition) is 0. The molecule has 42 valence electrons. The van der Waals surface area contributed by atoms with Crippen LogP contribution in [0.1, 0.15) is 12.8 Å². The molecule has 1 aliphatic rings. The fraction of sp³-hybridized carbons (Fsp3) is 1.00. The minimum Gasteiger partial charge on any atom is -0.248 e. The first-order chi connectivity index (χ1) is 3.34. The van der Waals surface area contributed by atoms with Gasteiger partial charge in [0, 0.05) is 0 Å². The Kier molecular flexibility index (Phi) is 1.26. The molecular weight excluding hydrogens is 98.1 g/mol. The summed E-state index contributed by atoms with van der Waals surface area (Å²) in [6.07, 6.45) is 0.635. The van der Waals surface area contributed by atoms with Gasteiger partial charge in [0.1, 0.15) is 12.8 Å². The Morgan fingerprint density at radius 3 is 2.29 bits per heavy atom. The van der Waals surface area contributed by atoms with E-state index in [1.165, 1.54) is 0 Å². The zero-order chi connectivity index (χ0) is 5.28. The zero-order valence-electron chi connectivity index (χ0n) is 4.03. The van der Waals surface area contributed by atoms with Gasteiger partial charge in [-0.15, -0.1) is 0 Å². The third-order valence-corrected chi connectivity index (χ3v) is 1.28. The highest BCUT2D eigenvalue weighted by Crippen LogP contribution is 2.34. The summed E-state index contributed by atoms with van der Waals surface area (Å²) in [6.45, 7) is -0.787. The second-order valence-corrected chi connectivity index (χ2v) is 2.01. The average Bonchev–Trinajstić information content (AvgIpc) is 2.44. The number of hydrogen-bond donors (Lipinski definition) is 0. The van der Waals surface area contributed by atoms with E-state index in [2.05, 4.69) is 0 Å². The summed E-state index contributed by atoms with van der Waals surface area (Å²) < 4.78 is 23.2. The van der Waals surface area contributed by atoms with Crippen LogP contribution in [0.5, 0.6) is 0 Å². The summed E-state index contributed by atoms with van der Waals surface area (Å²) >= 11 is 0. The van der Waals surface area contributed by atoms with Gasteiger partial charge in [0.15, 0.2) is 0 Å². The van der Waals surface area contributed by atoms with Gasteiger partial charge < -0.3 is 0 Å². The van der Waals surface area contributed by atoms with E-state index >= 15 is 0 Å². The van der Waals surface area contributed by atoms with Gasteiger partial charge in [0.2, 0.25) is 0 Å². The van der Waals surface area contributed by atoms with Crippen molar-refractivity contribution in [3.8, 4) is 0 Å². The van der Waals surface area contributed by atoms with Gasteiger partial charge in [0.25, 0.3) is 0 Å². The average molecular weight is 106 g/mol. The van der Waals surface area contributed by atoms with E-state index in [1.54, 1.807) is 0 Å². The molecule has 1 rings (SSSR count). The molecule has 1 atom stereocenters. The number of rotatable bonds is 2. The normalized spacial score (nSPS) is 24.9. The molecule has 0 aromatic heterocycles. The highest BCUT2D eigenvalue weighted by molar-refractivity contribution is 4.80. The smallest absolute Gasteiger partial charge is 0.131 e. The fourth-order valence-electron chi connectivity index (χ4n) is 0.584. The predicted molar refractivity (Wildman–Crippen MR) is 23.6 cm³/mol. The van der Waals surface area contributed by atoms with Crippen LogP contribution in [0, 0.1) is 5.92 Å². The second kappa shape index (κ2) is 1.76. The Bertz CT molecular complexity index is 59.1. The summed E-state index contributed by atoms with van der Waals surface area (Å²) in [5, 5.41) is 0. The van der Waals surface area contributed by atoms with Crippen molar-refractivity contribution in [2.45, 2.75) is 19.0 Å². The lowest BCUT2D eigenvalue weighted by Gasteiger charge is -1.94. The van der Waals surface area contributed by atoms with Gasteiger partial charge in [0.05, 0.1) is 0 Å². The van der Waals surface area contributed by atoms with E-state index in [0.717, 1.165) is 12.8 Å². The van der Waals surface area contributed by atoms with Crippen molar-refractivity contribution >= 4 is 0 Å². The van der Waals surface area contributed by atoms with E-state index < -0.39 is 12.8 Å². The first kappa shape index (κ1) is 5.01. The van der Waals surface area contributed by atoms with Gasteiger partial charge in [-0.3, -0.25) is 0 Å². The Morgan fingerprint density at radius 1 is 1.57 bits per heavy atom. The predicted octanol–water partition coefficient (Wildman–Crippen LogP) is 1.70. The molecule has 0 nitrogen and oxygen atoms in total. The second-order valence-electron chi connectivity index (χ2n) is 2.01. The molecule has 0 aromatic carbocycles. The summed E-state index contributed by atoms with van der Waals surface area (Å²) in [5.74, 6) is 0.0741. The summed E-state index contributed by atoms with van der Waals surface area (Å²) in [4.78, 5) is 0. The lowest BCUT2D eigenvalue weighted by molar-refractivity contribution is 0.234. The van der Waals surface area contributed by atoms with Crippen molar-refractivity contribution in [3.05, 3.63) is 0 Å². The van der Waals surface area contributed by atoms with E-state index in [9.17, 15) is 8.78 Å². The molecule has 2 heteroatoms. The van der Waals surface area contributed by atoms with Crippen LogP contribution < -0.4 is 0 Å². The SMILES string of the molecule is FCC(F)C1CC1. The van der Waals surface area contributed by atoms with Gasteiger partial charge in [-0.05, 0) is 18.8 Å². The van der Waals surface area contributed by atoms with Crippen molar-refractivity contribution < 1.29 is 8.78 Å². The zero-order valence-corrected chi connectivity index (χ0v) is 4.03. The van der Waals surface area contributed by atoms with Crippen molar-refractivity contribution in [1.82, 2.24) is 0 Å². The molecule has 0 radical (unpaired) electrons. The molecule has 0 saturated heterocycles. The third kappa shape index (κ3) is 1.11. The maximum Gasteiger partial charge on any atom is 0.131 e. The minimum atomic E-state index is -1.15. The van der Waals surface area contributed by atoms with E-state index in [-0.39, 0.29) is 5.92 Å². The highest BCUT2D eigenvalue weighted by atomic mass is 19.2. The first-order valence-corrected chi connectivity index (χ1v) is 2.54. The van der Waals surface area contributed by atoms with Crippen molar-refractivity contribution in [3.63, 3.8) is 0 Å². The molecule has 1 aliphatic carbocycles. The third-order valence-electron chi connectivity index (χ3n) is 1.28. The van der Waals surface area contributed by atoms with Crippen LogP contribution in [0.3, 0.4) is 0 Å². The standard InChI is InChI=1S/C5H8F2/c6-3-5(7)4-1-2-4/h4-5H,1-3H2. The summed E-state index contributed by atoms with van der Waals surface area (Å²) in [6, 6.07) is 0. The molecule has 0 heterocycles. The van der Waals surface area contributed by atoms with Crippen molar-refractivity contribution in [2.24, 2.45) is 5.92 Å². The van der Waals surface area contributed by atoms with E-state index in [4.69, 9.17) is 0 Å². The van der Waals surface area contributed by atoms with Gasteiger partial charge in [-0.2, -0.15) is 0 Å². The molecule has 0 N–H and O–H groups in total. The Morgan fingerprint density at radius 2 is 2.14 bits per heavy atom. The Labute approximate surface area is 41.5 Å². The molecule has 0 bridgehead atoms. The van der Waals surface area contributed by atoms with Crippen LogP contribution >= 0.6 is 0 Å². The monoisotopic (exact) mass is 106 g/mol. The van der Waals surface area contributed by atoms with Gasteiger partial charge >= 0.3 is 0 Å². The lowest BCUT2D eigenvalue weighted by Crippen LogP contribution is -2.03. The maximum atomic E-state index is 11.9. The van der Waals surface area contributed by atoms with Gasteiger partial charge in [-0.1, -0.05) is 0 Å². The van der Waals surface area contributed by atoms with Crippen LogP contribution in [-0.2, 0) is 0 Å². The highest BCUT2D eigenvalue weighted by Gasteiger charge is 2.30. The first-order valence-electron chi connectivity index (χ1n) is 2.54.